The maximum Gasteiger partial charge on any atom is 0.122 e. The molecule has 2 N–H and O–H groups in total. The SMILES string of the molecule is Cc1ccc(OCCOc2ccc(N)cc2)c(C)c1. The van der Waals surface area contributed by atoms with Crippen LogP contribution >= 0.6 is 0 Å². The minimum atomic E-state index is 0.511. The van der Waals surface area contributed by atoms with E-state index in [0.717, 1.165) is 22.7 Å². The standard InChI is InChI=1S/C16H19NO2/c1-12-3-8-16(13(2)11-12)19-10-9-18-15-6-4-14(17)5-7-15/h3-8,11H,9-10,17H2,1-2H3. The van der Waals surface area contributed by atoms with Crippen LogP contribution in [0.15, 0.2) is 42.5 Å². The van der Waals surface area contributed by atoms with Crippen molar-refractivity contribution in [3.8, 4) is 11.5 Å². The molecule has 0 aromatic heterocycles. The van der Waals surface area contributed by atoms with E-state index in [1.54, 1.807) is 0 Å². The third-order valence-electron chi connectivity index (χ3n) is 2.82. The Labute approximate surface area is 114 Å². The number of hydrogen-bond acceptors (Lipinski definition) is 3. The van der Waals surface area contributed by atoms with Crippen LogP contribution in [0.3, 0.4) is 0 Å². The second-order valence-corrected chi connectivity index (χ2v) is 4.53. The third-order valence-corrected chi connectivity index (χ3v) is 2.82. The molecule has 3 nitrogen and oxygen atoms in total. The Bertz CT molecular complexity index is 535. The van der Waals surface area contributed by atoms with Gasteiger partial charge in [-0.2, -0.15) is 0 Å². The molecule has 2 aromatic rings. The fourth-order valence-corrected chi connectivity index (χ4v) is 1.84. The molecule has 0 aliphatic rings. The molecular formula is C16H19NO2. The molecule has 0 aliphatic heterocycles. The average molecular weight is 257 g/mol. The lowest BCUT2D eigenvalue weighted by molar-refractivity contribution is 0.216. The number of hydrogen-bond donors (Lipinski definition) is 1. The molecule has 0 unspecified atom stereocenters. The van der Waals surface area contributed by atoms with Gasteiger partial charge in [0.25, 0.3) is 0 Å². The Morgan fingerprint density at radius 2 is 1.58 bits per heavy atom. The zero-order valence-electron chi connectivity index (χ0n) is 11.3. The van der Waals surface area contributed by atoms with E-state index >= 15 is 0 Å². The maximum atomic E-state index is 5.69. The Morgan fingerprint density at radius 3 is 2.26 bits per heavy atom. The van der Waals surface area contributed by atoms with E-state index in [-0.39, 0.29) is 0 Å². The number of rotatable bonds is 5. The average Bonchev–Trinajstić information content (AvgIpc) is 2.39. The van der Waals surface area contributed by atoms with Crippen LogP contribution in [-0.2, 0) is 0 Å². The summed E-state index contributed by atoms with van der Waals surface area (Å²) >= 11 is 0. The Morgan fingerprint density at radius 1 is 0.895 bits per heavy atom. The van der Waals surface area contributed by atoms with Crippen LogP contribution in [0.5, 0.6) is 11.5 Å². The first-order chi connectivity index (χ1) is 9.15. The molecule has 2 aromatic carbocycles. The van der Waals surface area contributed by atoms with Crippen molar-refractivity contribution in [1.29, 1.82) is 0 Å². The van der Waals surface area contributed by atoms with E-state index in [1.807, 2.05) is 43.3 Å². The lowest BCUT2D eigenvalue weighted by Gasteiger charge is -2.11. The lowest BCUT2D eigenvalue weighted by Crippen LogP contribution is -2.09. The second-order valence-electron chi connectivity index (χ2n) is 4.53. The molecule has 100 valence electrons. The predicted molar refractivity (Wildman–Crippen MR) is 77.8 cm³/mol. The van der Waals surface area contributed by atoms with Crippen LogP contribution in [0.4, 0.5) is 5.69 Å². The smallest absolute Gasteiger partial charge is 0.122 e. The van der Waals surface area contributed by atoms with Crippen molar-refractivity contribution in [3.63, 3.8) is 0 Å². The summed E-state index contributed by atoms with van der Waals surface area (Å²) in [6, 6.07) is 13.5. The summed E-state index contributed by atoms with van der Waals surface area (Å²) in [5.41, 5.74) is 8.73. The number of benzene rings is 2. The highest BCUT2D eigenvalue weighted by atomic mass is 16.5. The van der Waals surface area contributed by atoms with E-state index < -0.39 is 0 Å². The van der Waals surface area contributed by atoms with E-state index in [1.165, 1.54) is 5.56 Å². The van der Waals surface area contributed by atoms with Gasteiger partial charge in [0.2, 0.25) is 0 Å². The van der Waals surface area contributed by atoms with Gasteiger partial charge in [-0.15, -0.1) is 0 Å². The highest BCUT2D eigenvalue weighted by Crippen LogP contribution is 2.18. The summed E-state index contributed by atoms with van der Waals surface area (Å²) in [5, 5.41) is 0. The molecular weight excluding hydrogens is 238 g/mol. The molecule has 0 atom stereocenters. The molecule has 3 heteroatoms. The van der Waals surface area contributed by atoms with Crippen molar-refractivity contribution in [3.05, 3.63) is 53.6 Å². The second kappa shape index (κ2) is 6.14. The van der Waals surface area contributed by atoms with E-state index in [9.17, 15) is 0 Å². The van der Waals surface area contributed by atoms with Crippen molar-refractivity contribution >= 4 is 5.69 Å². The molecule has 0 radical (unpaired) electrons. The lowest BCUT2D eigenvalue weighted by atomic mass is 10.1. The zero-order chi connectivity index (χ0) is 13.7. The largest absolute Gasteiger partial charge is 0.490 e. The van der Waals surface area contributed by atoms with Gasteiger partial charge in [-0.1, -0.05) is 17.7 Å². The zero-order valence-corrected chi connectivity index (χ0v) is 11.3. The minimum Gasteiger partial charge on any atom is -0.490 e. The number of nitrogen functional groups attached to an aromatic ring is 1. The van der Waals surface area contributed by atoms with Gasteiger partial charge in [-0.3, -0.25) is 0 Å². The Hall–Kier alpha value is -2.16. The van der Waals surface area contributed by atoms with Crippen molar-refractivity contribution < 1.29 is 9.47 Å². The molecule has 2 rings (SSSR count). The highest BCUT2D eigenvalue weighted by Gasteiger charge is 1.99. The van der Waals surface area contributed by atoms with Crippen molar-refractivity contribution in [2.75, 3.05) is 18.9 Å². The highest BCUT2D eigenvalue weighted by molar-refractivity contribution is 5.41. The van der Waals surface area contributed by atoms with E-state index in [2.05, 4.69) is 13.0 Å². The molecule has 0 saturated heterocycles. The van der Waals surface area contributed by atoms with Gasteiger partial charge in [-0.05, 0) is 49.7 Å². The van der Waals surface area contributed by atoms with Crippen LogP contribution in [0, 0.1) is 13.8 Å². The molecule has 0 amide bonds. The summed E-state index contributed by atoms with van der Waals surface area (Å²) in [4.78, 5) is 0. The first kappa shape index (κ1) is 13.3. The quantitative estimate of drug-likeness (QED) is 0.660. The van der Waals surface area contributed by atoms with Gasteiger partial charge >= 0.3 is 0 Å². The molecule has 0 aliphatic carbocycles. The predicted octanol–water partition coefficient (Wildman–Crippen LogP) is 3.34. The van der Waals surface area contributed by atoms with Crippen LogP contribution < -0.4 is 15.2 Å². The molecule has 0 heterocycles. The summed E-state index contributed by atoms with van der Waals surface area (Å²) < 4.78 is 11.3. The number of nitrogens with two attached hydrogens (primary N) is 1. The normalized spacial score (nSPS) is 10.2. The molecule has 0 fully saturated rings. The molecule has 0 saturated carbocycles. The van der Waals surface area contributed by atoms with Crippen molar-refractivity contribution in [2.24, 2.45) is 0 Å². The first-order valence-corrected chi connectivity index (χ1v) is 6.33. The fraction of sp³-hybridized carbons (Fsp3) is 0.250. The first-order valence-electron chi connectivity index (χ1n) is 6.33. The molecule has 0 spiro atoms. The van der Waals surface area contributed by atoms with Crippen molar-refractivity contribution in [2.45, 2.75) is 13.8 Å². The molecule has 19 heavy (non-hydrogen) atoms. The van der Waals surface area contributed by atoms with Gasteiger partial charge in [0.05, 0.1) is 0 Å². The summed E-state index contributed by atoms with van der Waals surface area (Å²) in [5.74, 6) is 1.71. The Kier molecular flexibility index (Phi) is 4.29. The van der Waals surface area contributed by atoms with E-state index in [4.69, 9.17) is 15.2 Å². The van der Waals surface area contributed by atoms with Crippen LogP contribution in [0.1, 0.15) is 11.1 Å². The molecule has 0 bridgehead atoms. The monoisotopic (exact) mass is 257 g/mol. The maximum absolute atomic E-state index is 5.69. The minimum absolute atomic E-state index is 0.511. The van der Waals surface area contributed by atoms with Gasteiger partial charge in [-0.25, -0.2) is 0 Å². The van der Waals surface area contributed by atoms with Gasteiger partial charge in [0, 0.05) is 5.69 Å². The fourth-order valence-electron chi connectivity index (χ4n) is 1.84. The van der Waals surface area contributed by atoms with Crippen LogP contribution in [0.2, 0.25) is 0 Å². The summed E-state index contributed by atoms with van der Waals surface area (Å²) in [6.07, 6.45) is 0. The van der Waals surface area contributed by atoms with E-state index in [0.29, 0.717) is 13.2 Å². The van der Waals surface area contributed by atoms with Gasteiger partial charge in [0.1, 0.15) is 24.7 Å². The topological polar surface area (TPSA) is 44.5 Å². The van der Waals surface area contributed by atoms with Crippen LogP contribution in [-0.4, -0.2) is 13.2 Å². The summed E-state index contributed by atoms with van der Waals surface area (Å²) in [7, 11) is 0. The number of ether oxygens (including phenoxy) is 2. The van der Waals surface area contributed by atoms with Gasteiger partial charge < -0.3 is 15.2 Å². The van der Waals surface area contributed by atoms with Gasteiger partial charge in [0.15, 0.2) is 0 Å². The third kappa shape index (κ3) is 3.91. The Balaban J connectivity index is 1.79. The number of anilines is 1. The van der Waals surface area contributed by atoms with Crippen molar-refractivity contribution in [1.82, 2.24) is 0 Å². The number of aryl methyl sites for hydroxylation is 2. The van der Waals surface area contributed by atoms with Crippen LogP contribution in [0.25, 0.3) is 0 Å². The summed E-state index contributed by atoms with van der Waals surface area (Å²) in [6.45, 7) is 5.15.